The molecule has 3 nitrogen and oxygen atoms in total. The van der Waals surface area contributed by atoms with Crippen molar-refractivity contribution >= 4 is 11.3 Å². The van der Waals surface area contributed by atoms with E-state index in [1.807, 2.05) is 11.3 Å². The molecule has 0 N–H and O–H groups in total. The second-order valence-electron chi connectivity index (χ2n) is 8.54. The first-order valence-electron chi connectivity index (χ1n) is 10.3. The molecule has 2 aromatic rings. The average molecular weight is 369 g/mol. The minimum atomic E-state index is 0.329. The average Bonchev–Trinajstić information content (AvgIpc) is 3.16. The van der Waals surface area contributed by atoms with E-state index < -0.39 is 0 Å². The number of fused-ring (bicyclic) bond motifs is 4. The zero-order valence-electron chi connectivity index (χ0n) is 15.4. The third-order valence-electron chi connectivity index (χ3n) is 6.71. The highest BCUT2D eigenvalue weighted by atomic mass is 32.1. The number of nitrogens with zero attached hydrogens (tertiary/aromatic N) is 2. The third kappa shape index (κ3) is 3.07. The van der Waals surface area contributed by atoms with E-state index in [9.17, 15) is 4.79 Å². The fourth-order valence-electron chi connectivity index (χ4n) is 5.54. The summed E-state index contributed by atoms with van der Waals surface area (Å²) in [6.45, 7) is 4.21. The standard InChI is InChI=1S/C22H28N2OS/c25-22-20(17-5-2-1-3-6-17)8-9-21-18-11-16(13-24(21)22)12-23(14-18)15-19-7-4-10-26-19/h4,7-10,16-18H,1-3,5-6,11-15H2. The van der Waals surface area contributed by atoms with E-state index in [2.05, 4.69) is 39.1 Å². The second kappa shape index (κ2) is 6.97. The Balaban J connectivity index is 1.40. The van der Waals surface area contributed by atoms with Gasteiger partial charge in [-0.05, 0) is 48.6 Å². The fourth-order valence-corrected chi connectivity index (χ4v) is 6.28. The van der Waals surface area contributed by atoms with Crippen LogP contribution in [-0.2, 0) is 13.1 Å². The first-order valence-corrected chi connectivity index (χ1v) is 11.1. The van der Waals surface area contributed by atoms with E-state index in [1.54, 1.807) is 0 Å². The lowest BCUT2D eigenvalue weighted by molar-refractivity contribution is 0.115. The normalized spacial score (nSPS) is 26.6. The quantitative estimate of drug-likeness (QED) is 0.792. The number of likely N-dealkylation sites (tertiary alicyclic amines) is 1. The van der Waals surface area contributed by atoms with Gasteiger partial charge in [-0.2, -0.15) is 0 Å². The van der Waals surface area contributed by atoms with Crippen LogP contribution < -0.4 is 5.56 Å². The minimum Gasteiger partial charge on any atom is -0.312 e. The summed E-state index contributed by atoms with van der Waals surface area (Å²) in [7, 11) is 0. The van der Waals surface area contributed by atoms with Crippen molar-refractivity contribution in [1.82, 2.24) is 9.47 Å². The van der Waals surface area contributed by atoms with Crippen molar-refractivity contribution in [3.05, 3.63) is 56.1 Å². The molecule has 0 radical (unpaired) electrons. The molecular formula is C22H28N2OS. The van der Waals surface area contributed by atoms with Crippen LogP contribution in [0.5, 0.6) is 0 Å². The highest BCUT2D eigenvalue weighted by molar-refractivity contribution is 7.09. The first-order chi connectivity index (χ1) is 12.8. The van der Waals surface area contributed by atoms with E-state index in [0.717, 1.165) is 31.7 Å². The molecular weight excluding hydrogens is 340 g/mol. The van der Waals surface area contributed by atoms with Crippen molar-refractivity contribution in [3.8, 4) is 0 Å². The fraction of sp³-hybridized carbons (Fsp3) is 0.591. The van der Waals surface area contributed by atoms with Gasteiger partial charge in [0.2, 0.25) is 0 Å². The van der Waals surface area contributed by atoms with Gasteiger partial charge in [0, 0.05) is 48.2 Å². The molecule has 1 saturated heterocycles. The molecule has 1 aliphatic carbocycles. The lowest BCUT2D eigenvalue weighted by Crippen LogP contribution is -2.47. The predicted octanol–water partition coefficient (Wildman–Crippen LogP) is 4.58. The molecule has 2 aromatic heterocycles. The van der Waals surface area contributed by atoms with Crippen LogP contribution in [0.15, 0.2) is 34.4 Å². The molecule has 2 unspecified atom stereocenters. The van der Waals surface area contributed by atoms with Gasteiger partial charge in [-0.25, -0.2) is 0 Å². The molecule has 2 atom stereocenters. The van der Waals surface area contributed by atoms with Crippen LogP contribution in [-0.4, -0.2) is 22.6 Å². The molecule has 5 rings (SSSR count). The summed E-state index contributed by atoms with van der Waals surface area (Å²) in [6.07, 6.45) is 7.58. The van der Waals surface area contributed by atoms with Gasteiger partial charge < -0.3 is 4.57 Å². The predicted molar refractivity (Wildman–Crippen MR) is 107 cm³/mol. The van der Waals surface area contributed by atoms with Crippen LogP contribution in [0, 0.1) is 5.92 Å². The summed E-state index contributed by atoms with van der Waals surface area (Å²) in [5.41, 5.74) is 2.72. The van der Waals surface area contributed by atoms with Gasteiger partial charge in [0.1, 0.15) is 0 Å². The number of aromatic nitrogens is 1. The monoisotopic (exact) mass is 368 g/mol. The zero-order valence-corrected chi connectivity index (χ0v) is 16.2. The van der Waals surface area contributed by atoms with Gasteiger partial charge in [-0.1, -0.05) is 31.4 Å². The van der Waals surface area contributed by atoms with Crippen molar-refractivity contribution in [1.29, 1.82) is 0 Å². The second-order valence-corrected chi connectivity index (χ2v) is 9.57. The van der Waals surface area contributed by atoms with Crippen molar-refractivity contribution in [2.24, 2.45) is 5.92 Å². The third-order valence-corrected chi connectivity index (χ3v) is 7.58. The van der Waals surface area contributed by atoms with Gasteiger partial charge in [-0.15, -0.1) is 11.3 Å². The van der Waals surface area contributed by atoms with Crippen molar-refractivity contribution in [2.45, 2.75) is 63.5 Å². The highest BCUT2D eigenvalue weighted by Gasteiger charge is 2.35. The van der Waals surface area contributed by atoms with Gasteiger partial charge in [0.05, 0.1) is 0 Å². The Kier molecular flexibility index (Phi) is 4.49. The Morgan fingerprint density at radius 3 is 2.69 bits per heavy atom. The molecule has 2 bridgehead atoms. The van der Waals surface area contributed by atoms with Crippen molar-refractivity contribution in [2.75, 3.05) is 13.1 Å². The van der Waals surface area contributed by atoms with Gasteiger partial charge in [-0.3, -0.25) is 9.69 Å². The Morgan fingerprint density at radius 2 is 1.88 bits per heavy atom. The largest absolute Gasteiger partial charge is 0.312 e. The van der Waals surface area contributed by atoms with Crippen LogP contribution in [0.2, 0.25) is 0 Å². The van der Waals surface area contributed by atoms with Gasteiger partial charge >= 0.3 is 0 Å². The number of thiophene rings is 1. The Hall–Kier alpha value is -1.39. The Bertz CT molecular complexity index is 819. The number of rotatable bonds is 3. The number of hydrogen-bond acceptors (Lipinski definition) is 3. The van der Waals surface area contributed by atoms with Crippen molar-refractivity contribution in [3.63, 3.8) is 0 Å². The number of hydrogen-bond donors (Lipinski definition) is 0. The van der Waals surface area contributed by atoms with E-state index in [4.69, 9.17) is 0 Å². The molecule has 0 aromatic carbocycles. The van der Waals surface area contributed by atoms with Crippen molar-refractivity contribution < 1.29 is 0 Å². The van der Waals surface area contributed by atoms with E-state index in [0.29, 0.717) is 23.3 Å². The summed E-state index contributed by atoms with van der Waals surface area (Å²) >= 11 is 1.85. The lowest BCUT2D eigenvalue weighted by atomic mass is 9.81. The molecule has 2 aliphatic heterocycles. The van der Waals surface area contributed by atoms with Crippen LogP contribution in [0.25, 0.3) is 0 Å². The molecule has 0 spiro atoms. The summed E-state index contributed by atoms with van der Waals surface area (Å²) in [5.74, 6) is 1.65. The van der Waals surface area contributed by atoms with E-state index >= 15 is 0 Å². The maximum atomic E-state index is 13.2. The van der Waals surface area contributed by atoms with Crippen LogP contribution in [0.4, 0.5) is 0 Å². The number of piperidine rings is 1. The molecule has 1 saturated carbocycles. The Labute approximate surface area is 159 Å². The Morgan fingerprint density at radius 1 is 1.00 bits per heavy atom. The smallest absolute Gasteiger partial charge is 0.254 e. The minimum absolute atomic E-state index is 0.329. The molecule has 26 heavy (non-hydrogen) atoms. The maximum Gasteiger partial charge on any atom is 0.254 e. The van der Waals surface area contributed by atoms with E-state index in [-0.39, 0.29) is 0 Å². The first kappa shape index (κ1) is 16.8. The summed E-state index contributed by atoms with van der Waals surface area (Å²) in [5, 5.41) is 2.17. The maximum absolute atomic E-state index is 13.2. The van der Waals surface area contributed by atoms with Gasteiger partial charge in [0.25, 0.3) is 5.56 Å². The molecule has 4 heterocycles. The summed E-state index contributed by atoms with van der Waals surface area (Å²) in [6, 6.07) is 8.86. The molecule has 138 valence electrons. The van der Waals surface area contributed by atoms with Gasteiger partial charge in [0.15, 0.2) is 0 Å². The van der Waals surface area contributed by atoms with Crippen LogP contribution in [0.1, 0.15) is 66.5 Å². The molecule has 0 amide bonds. The number of pyridine rings is 1. The molecule has 2 fully saturated rings. The molecule has 3 aliphatic rings. The summed E-state index contributed by atoms with van der Waals surface area (Å²) in [4.78, 5) is 17.3. The van der Waals surface area contributed by atoms with Crippen LogP contribution >= 0.6 is 11.3 Å². The zero-order chi connectivity index (χ0) is 17.5. The molecule has 4 heteroatoms. The summed E-state index contributed by atoms with van der Waals surface area (Å²) < 4.78 is 2.16. The van der Waals surface area contributed by atoms with E-state index in [1.165, 1.54) is 49.1 Å². The highest BCUT2D eigenvalue weighted by Crippen LogP contribution is 2.37. The lowest BCUT2D eigenvalue weighted by Gasteiger charge is -2.43. The van der Waals surface area contributed by atoms with Crippen LogP contribution in [0.3, 0.4) is 0 Å². The SMILES string of the molecule is O=c1c(C2CCCCC2)ccc2n1CC1CC2CN(Cc2cccs2)C1. The topological polar surface area (TPSA) is 25.2 Å².